The first-order valence-electron chi connectivity index (χ1n) is 6.95. The normalized spacial score (nSPS) is 46.6. The fourth-order valence-corrected chi connectivity index (χ4v) is 3.72. The minimum Gasteiger partial charge on any atom is -0.389 e. The Hall–Kier alpha value is -0.340. The molecule has 2 rings (SSSR count). The molecule has 0 aromatic rings. The van der Waals surface area contributed by atoms with Gasteiger partial charge in [0.1, 0.15) is 0 Å². The molecule has 2 N–H and O–H groups in total. The number of rotatable bonds is 1. The van der Waals surface area contributed by atoms with Crippen LogP contribution in [0.1, 0.15) is 47.0 Å². The van der Waals surface area contributed by atoms with Gasteiger partial charge in [-0.05, 0) is 49.5 Å². The molecule has 0 saturated heterocycles. The van der Waals surface area contributed by atoms with Gasteiger partial charge in [-0.25, -0.2) is 0 Å². The van der Waals surface area contributed by atoms with Gasteiger partial charge in [-0.2, -0.15) is 0 Å². The van der Waals surface area contributed by atoms with Gasteiger partial charge in [-0.1, -0.05) is 26.8 Å². The van der Waals surface area contributed by atoms with Crippen molar-refractivity contribution in [1.82, 2.24) is 0 Å². The third-order valence-electron chi connectivity index (χ3n) is 5.23. The zero-order valence-corrected chi connectivity index (χ0v) is 11.5. The van der Waals surface area contributed by atoms with Crippen LogP contribution in [0.15, 0.2) is 11.6 Å². The molecule has 1 fully saturated rings. The van der Waals surface area contributed by atoms with E-state index in [0.29, 0.717) is 11.8 Å². The number of aliphatic hydroxyl groups excluding tert-OH is 1. The Balaban J connectivity index is 2.36. The van der Waals surface area contributed by atoms with Crippen LogP contribution in [-0.2, 0) is 0 Å². The molecule has 2 aliphatic rings. The van der Waals surface area contributed by atoms with E-state index in [-0.39, 0.29) is 17.9 Å². The van der Waals surface area contributed by atoms with Crippen molar-refractivity contribution in [2.24, 2.45) is 23.7 Å². The van der Waals surface area contributed by atoms with Gasteiger partial charge in [0, 0.05) is 5.92 Å². The molecule has 0 unspecified atom stereocenters. The largest absolute Gasteiger partial charge is 0.389 e. The second-order valence-corrected chi connectivity index (χ2v) is 6.51. The summed E-state index contributed by atoms with van der Waals surface area (Å²) in [5.41, 5.74) is 0.470. The summed E-state index contributed by atoms with van der Waals surface area (Å²) in [7, 11) is 0. The highest BCUT2D eigenvalue weighted by molar-refractivity contribution is 5.19. The molecule has 0 heterocycles. The van der Waals surface area contributed by atoms with Crippen molar-refractivity contribution in [1.29, 1.82) is 0 Å². The van der Waals surface area contributed by atoms with E-state index in [1.165, 1.54) is 0 Å². The molecule has 2 heteroatoms. The Morgan fingerprint density at radius 1 is 1.41 bits per heavy atom. The third kappa shape index (κ3) is 2.06. The highest BCUT2D eigenvalue weighted by Crippen LogP contribution is 2.50. The lowest BCUT2D eigenvalue weighted by Gasteiger charge is -2.51. The Labute approximate surface area is 105 Å². The first-order chi connectivity index (χ1) is 7.86. The average molecular weight is 238 g/mol. The summed E-state index contributed by atoms with van der Waals surface area (Å²) >= 11 is 0. The predicted molar refractivity (Wildman–Crippen MR) is 69.5 cm³/mol. The van der Waals surface area contributed by atoms with Crippen LogP contribution >= 0.6 is 0 Å². The van der Waals surface area contributed by atoms with E-state index < -0.39 is 5.60 Å². The van der Waals surface area contributed by atoms with Crippen molar-refractivity contribution in [2.45, 2.75) is 58.7 Å². The summed E-state index contributed by atoms with van der Waals surface area (Å²) in [5.74, 6) is 1.56. The van der Waals surface area contributed by atoms with Crippen LogP contribution in [0, 0.1) is 23.7 Å². The molecule has 98 valence electrons. The molecule has 2 aliphatic carbocycles. The molecule has 0 aliphatic heterocycles. The summed E-state index contributed by atoms with van der Waals surface area (Å²) in [5, 5.41) is 20.9. The van der Waals surface area contributed by atoms with E-state index in [4.69, 9.17) is 0 Å². The van der Waals surface area contributed by atoms with E-state index in [1.807, 2.05) is 6.92 Å². The molecule has 0 spiro atoms. The lowest BCUT2D eigenvalue weighted by Crippen LogP contribution is -2.52. The fraction of sp³-hybridized carbons (Fsp3) is 0.867. The van der Waals surface area contributed by atoms with Gasteiger partial charge < -0.3 is 10.2 Å². The van der Waals surface area contributed by atoms with Crippen molar-refractivity contribution in [3.63, 3.8) is 0 Å². The van der Waals surface area contributed by atoms with Gasteiger partial charge in [-0.3, -0.25) is 0 Å². The fourth-order valence-electron chi connectivity index (χ4n) is 3.72. The Bertz CT molecular complexity index is 321. The zero-order chi connectivity index (χ0) is 12.8. The van der Waals surface area contributed by atoms with Crippen molar-refractivity contribution >= 4 is 0 Å². The maximum Gasteiger partial charge on any atom is 0.0750 e. The molecule has 1 saturated carbocycles. The Morgan fingerprint density at radius 2 is 2.06 bits per heavy atom. The minimum atomic E-state index is -0.571. The Kier molecular flexibility index (Phi) is 3.39. The molecule has 0 amide bonds. The molecular weight excluding hydrogens is 212 g/mol. The lowest BCUT2D eigenvalue weighted by molar-refractivity contribution is -0.113. The molecular formula is C15H26O2. The van der Waals surface area contributed by atoms with Gasteiger partial charge in [0.2, 0.25) is 0 Å². The van der Waals surface area contributed by atoms with Gasteiger partial charge >= 0.3 is 0 Å². The highest BCUT2D eigenvalue weighted by atomic mass is 16.3. The number of hydrogen-bond acceptors (Lipinski definition) is 2. The molecule has 17 heavy (non-hydrogen) atoms. The third-order valence-corrected chi connectivity index (χ3v) is 5.23. The molecule has 0 bridgehead atoms. The molecule has 0 radical (unpaired) electrons. The molecule has 0 aromatic carbocycles. The van der Waals surface area contributed by atoms with Crippen molar-refractivity contribution in [2.75, 3.05) is 0 Å². The van der Waals surface area contributed by atoms with Crippen LogP contribution < -0.4 is 0 Å². The van der Waals surface area contributed by atoms with Gasteiger partial charge in [0.05, 0.1) is 11.7 Å². The average Bonchev–Trinajstić information content (AvgIpc) is 2.26. The van der Waals surface area contributed by atoms with Gasteiger partial charge in [0.25, 0.3) is 0 Å². The maximum absolute atomic E-state index is 10.9. The quantitative estimate of drug-likeness (QED) is 0.690. The van der Waals surface area contributed by atoms with Crippen LogP contribution in [0.2, 0.25) is 0 Å². The summed E-state index contributed by atoms with van der Waals surface area (Å²) in [6.07, 6.45) is 4.65. The molecule has 5 atom stereocenters. The summed E-state index contributed by atoms with van der Waals surface area (Å²) in [4.78, 5) is 0. The number of aliphatic hydroxyl groups is 2. The number of fused-ring (bicyclic) bond motifs is 1. The Morgan fingerprint density at radius 3 is 2.65 bits per heavy atom. The summed E-state index contributed by atoms with van der Waals surface area (Å²) < 4.78 is 0. The monoisotopic (exact) mass is 238 g/mol. The molecule has 2 nitrogen and oxygen atoms in total. The van der Waals surface area contributed by atoms with E-state index in [9.17, 15) is 10.2 Å². The van der Waals surface area contributed by atoms with Gasteiger partial charge in [0.15, 0.2) is 0 Å². The topological polar surface area (TPSA) is 40.5 Å². The zero-order valence-electron chi connectivity index (χ0n) is 11.5. The second kappa shape index (κ2) is 4.40. The SMILES string of the molecule is CC1=C[C@H]2[C@@H](C[C@H]1O)[C@H](C)CC[C@@]2(O)C(C)C. The van der Waals surface area contributed by atoms with Crippen LogP contribution in [0.3, 0.4) is 0 Å². The lowest BCUT2D eigenvalue weighted by atomic mass is 9.57. The highest BCUT2D eigenvalue weighted by Gasteiger charge is 2.49. The van der Waals surface area contributed by atoms with Crippen molar-refractivity contribution in [3.8, 4) is 0 Å². The van der Waals surface area contributed by atoms with Crippen molar-refractivity contribution in [3.05, 3.63) is 11.6 Å². The van der Waals surface area contributed by atoms with E-state index in [2.05, 4.69) is 26.8 Å². The first kappa shape index (κ1) is 13.1. The second-order valence-electron chi connectivity index (χ2n) is 6.51. The van der Waals surface area contributed by atoms with E-state index in [0.717, 1.165) is 24.8 Å². The molecule has 0 aromatic heterocycles. The van der Waals surface area contributed by atoms with E-state index >= 15 is 0 Å². The van der Waals surface area contributed by atoms with Crippen LogP contribution in [0.5, 0.6) is 0 Å². The van der Waals surface area contributed by atoms with Crippen LogP contribution in [-0.4, -0.2) is 21.9 Å². The predicted octanol–water partition coefficient (Wildman–Crippen LogP) is 2.75. The summed E-state index contributed by atoms with van der Waals surface area (Å²) in [6.45, 7) is 8.47. The first-order valence-corrected chi connectivity index (χ1v) is 6.95. The number of hydrogen-bond donors (Lipinski definition) is 2. The maximum atomic E-state index is 10.9. The van der Waals surface area contributed by atoms with E-state index in [1.54, 1.807) is 0 Å². The smallest absolute Gasteiger partial charge is 0.0750 e. The van der Waals surface area contributed by atoms with Crippen LogP contribution in [0.4, 0.5) is 0 Å². The van der Waals surface area contributed by atoms with Gasteiger partial charge in [-0.15, -0.1) is 0 Å². The van der Waals surface area contributed by atoms with Crippen LogP contribution in [0.25, 0.3) is 0 Å². The minimum absolute atomic E-state index is 0.231. The summed E-state index contributed by atoms with van der Waals surface area (Å²) in [6, 6.07) is 0. The standard InChI is InChI=1S/C15H26O2/c1-9(2)15(17)6-5-10(3)12-8-14(16)11(4)7-13(12)15/h7,9-10,12-14,16-17H,5-6,8H2,1-4H3/t10-,12+,13+,14-,15-/m1/s1. The van der Waals surface area contributed by atoms with Crippen molar-refractivity contribution < 1.29 is 10.2 Å².